The first kappa shape index (κ1) is 32.9. The number of Topliss-reactive ketones (excluding diaryl/α,β-unsaturated/α-hetero) is 2. The van der Waals surface area contributed by atoms with Crippen LogP contribution in [-0.4, -0.2) is 77.6 Å². The van der Waals surface area contributed by atoms with Gasteiger partial charge in [-0.25, -0.2) is 0 Å². The second-order valence-electron chi connectivity index (χ2n) is 8.21. The smallest absolute Gasteiger partial charge is 0.244 e. The number of hydrogen-bond donors (Lipinski definition) is 0. The topological polar surface area (TPSA) is 89.5 Å². The molecule has 8 nitrogen and oxygen atoms in total. The lowest BCUT2D eigenvalue weighted by molar-refractivity contribution is -0.120. The second kappa shape index (κ2) is 21.9. The van der Waals surface area contributed by atoms with Crippen LogP contribution in [0.25, 0.3) is 0 Å². The molecular weight excluding hydrogens is 511 g/mol. The van der Waals surface area contributed by atoms with Crippen molar-refractivity contribution >= 4 is 34.8 Å². The molecule has 0 aliphatic heterocycles. The lowest BCUT2D eigenvalue weighted by Crippen LogP contribution is -2.25. The van der Waals surface area contributed by atoms with Gasteiger partial charge in [-0.05, 0) is 12.8 Å². The van der Waals surface area contributed by atoms with Crippen LogP contribution >= 0.6 is 23.2 Å². The Hall–Kier alpha value is -1.16. The van der Waals surface area contributed by atoms with Crippen molar-refractivity contribution in [2.24, 2.45) is 0 Å². The van der Waals surface area contributed by atoms with Crippen molar-refractivity contribution in [3.05, 3.63) is 21.6 Å². The molecule has 0 bridgehead atoms. The van der Waals surface area contributed by atoms with Gasteiger partial charge in [0.1, 0.15) is 23.3 Å². The summed E-state index contributed by atoms with van der Waals surface area (Å²) in [7, 11) is 0. The maximum atomic E-state index is 12.5. The number of allylic oxidation sites excluding steroid dienone is 2. The number of hydrogen-bond acceptors (Lipinski definition) is 8. The molecule has 0 N–H and O–H groups in total. The molecule has 1 aliphatic carbocycles. The van der Waals surface area contributed by atoms with E-state index >= 15 is 0 Å². The normalized spacial score (nSPS) is 14.2. The average molecular weight is 554 g/mol. The molecule has 1 rings (SSSR count). The minimum Gasteiger partial charge on any atom is -0.485 e. The minimum absolute atomic E-state index is 0.0376. The van der Waals surface area contributed by atoms with Gasteiger partial charge in [0.05, 0.1) is 39.6 Å². The molecule has 0 saturated carbocycles. The highest BCUT2D eigenvalue weighted by molar-refractivity contribution is 6.55. The fourth-order valence-corrected chi connectivity index (χ4v) is 3.63. The maximum absolute atomic E-state index is 12.5. The molecule has 0 aromatic heterocycles. The van der Waals surface area contributed by atoms with E-state index in [2.05, 4.69) is 13.8 Å². The molecule has 208 valence electrons. The third-order valence-corrected chi connectivity index (χ3v) is 5.87. The van der Waals surface area contributed by atoms with Gasteiger partial charge in [0, 0.05) is 13.2 Å². The minimum atomic E-state index is -0.705. The summed E-state index contributed by atoms with van der Waals surface area (Å²) in [5.41, 5.74) is 0. The van der Waals surface area contributed by atoms with E-state index in [1.54, 1.807) is 0 Å². The summed E-state index contributed by atoms with van der Waals surface area (Å²) in [6.45, 7) is 8.03. The van der Waals surface area contributed by atoms with Crippen LogP contribution in [0.5, 0.6) is 0 Å². The lowest BCUT2D eigenvalue weighted by atomic mass is 10.1. The van der Waals surface area contributed by atoms with Crippen molar-refractivity contribution in [1.29, 1.82) is 0 Å². The van der Waals surface area contributed by atoms with E-state index in [0.717, 1.165) is 12.8 Å². The standard InChI is InChI=1S/C26H42Cl2O8/c1-3-5-7-9-11-31-13-15-33-17-19-35-25-21(27)24(30)26(22(28)23(25)29)36-20-18-34-16-14-32-12-10-8-6-4-2/h3-20H2,1-2H3. The third kappa shape index (κ3) is 14.0. The highest BCUT2D eigenvalue weighted by Crippen LogP contribution is 2.30. The van der Waals surface area contributed by atoms with E-state index in [0.29, 0.717) is 39.6 Å². The summed E-state index contributed by atoms with van der Waals surface area (Å²) in [5.74, 6) is -2.02. The Morgan fingerprint density at radius 3 is 1.17 bits per heavy atom. The Morgan fingerprint density at radius 2 is 0.806 bits per heavy atom. The molecular formula is C26H42Cl2O8. The fourth-order valence-electron chi connectivity index (χ4n) is 3.17. The highest BCUT2D eigenvalue weighted by Gasteiger charge is 2.36. The highest BCUT2D eigenvalue weighted by atomic mass is 35.5. The van der Waals surface area contributed by atoms with Gasteiger partial charge >= 0.3 is 0 Å². The Labute approximate surface area is 225 Å². The molecule has 1 aliphatic rings. The first-order valence-electron chi connectivity index (χ1n) is 13.0. The Kier molecular flexibility index (Phi) is 20.0. The molecule has 0 heterocycles. The summed E-state index contributed by atoms with van der Waals surface area (Å²) in [5, 5.41) is -0.737. The van der Waals surface area contributed by atoms with Gasteiger partial charge in [0.25, 0.3) is 0 Å². The van der Waals surface area contributed by atoms with Crippen LogP contribution in [0.4, 0.5) is 0 Å². The van der Waals surface area contributed by atoms with Gasteiger partial charge in [-0.1, -0.05) is 75.6 Å². The van der Waals surface area contributed by atoms with Gasteiger partial charge in [-0.3, -0.25) is 9.59 Å². The van der Waals surface area contributed by atoms with E-state index in [4.69, 9.17) is 51.6 Å². The van der Waals surface area contributed by atoms with E-state index in [1.807, 2.05) is 0 Å². The Morgan fingerprint density at radius 1 is 0.472 bits per heavy atom. The van der Waals surface area contributed by atoms with Gasteiger partial charge in [0.2, 0.25) is 11.6 Å². The van der Waals surface area contributed by atoms with Crippen molar-refractivity contribution in [2.75, 3.05) is 66.1 Å². The number of unbranched alkanes of at least 4 members (excludes halogenated alkanes) is 6. The van der Waals surface area contributed by atoms with Crippen molar-refractivity contribution in [3.8, 4) is 0 Å². The van der Waals surface area contributed by atoms with Crippen LogP contribution in [0.3, 0.4) is 0 Å². The van der Waals surface area contributed by atoms with E-state index in [-0.39, 0.29) is 48.0 Å². The van der Waals surface area contributed by atoms with Crippen molar-refractivity contribution in [3.63, 3.8) is 0 Å². The molecule has 0 aromatic rings. The molecule has 36 heavy (non-hydrogen) atoms. The Balaban J connectivity index is 2.20. The fraction of sp³-hybridized carbons (Fsp3) is 0.769. The molecule has 0 atom stereocenters. The summed E-state index contributed by atoms with van der Waals surface area (Å²) < 4.78 is 32.6. The summed E-state index contributed by atoms with van der Waals surface area (Å²) in [6, 6.07) is 0. The first-order valence-corrected chi connectivity index (χ1v) is 13.8. The lowest BCUT2D eigenvalue weighted by Gasteiger charge is -2.19. The number of ether oxygens (including phenoxy) is 6. The molecule has 0 unspecified atom stereocenters. The number of halogens is 2. The zero-order valence-electron chi connectivity index (χ0n) is 21.7. The first-order chi connectivity index (χ1) is 17.5. The van der Waals surface area contributed by atoms with E-state index in [9.17, 15) is 9.59 Å². The molecule has 0 spiro atoms. The van der Waals surface area contributed by atoms with Crippen molar-refractivity contribution < 1.29 is 38.0 Å². The van der Waals surface area contributed by atoms with E-state index in [1.165, 1.54) is 38.5 Å². The molecule has 0 amide bonds. The Bertz CT molecular complexity index is 635. The summed E-state index contributed by atoms with van der Waals surface area (Å²) in [4.78, 5) is 25.0. The second-order valence-corrected chi connectivity index (χ2v) is 8.97. The number of rotatable bonds is 24. The van der Waals surface area contributed by atoms with Crippen molar-refractivity contribution in [1.82, 2.24) is 0 Å². The largest absolute Gasteiger partial charge is 0.485 e. The monoisotopic (exact) mass is 552 g/mol. The van der Waals surface area contributed by atoms with Crippen LogP contribution in [0.15, 0.2) is 21.6 Å². The van der Waals surface area contributed by atoms with Gasteiger partial charge in [-0.2, -0.15) is 0 Å². The maximum Gasteiger partial charge on any atom is 0.244 e. The summed E-state index contributed by atoms with van der Waals surface area (Å²) in [6.07, 6.45) is 9.23. The quantitative estimate of drug-likeness (QED) is 0.118. The molecule has 0 aromatic carbocycles. The van der Waals surface area contributed by atoms with Gasteiger partial charge in [-0.15, -0.1) is 0 Å². The van der Waals surface area contributed by atoms with E-state index < -0.39 is 11.6 Å². The zero-order chi connectivity index (χ0) is 26.4. The van der Waals surface area contributed by atoms with Crippen molar-refractivity contribution in [2.45, 2.75) is 65.2 Å². The van der Waals surface area contributed by atoms with Crippen LogP contribution in [0.1, 0.15) is 65.2 Å². The number of carbonyl (C=O) groups excluding carboxylic acids is 2. The molecule has 0 radical (unpaired) electrons. The van der Waals surface area contributed by atoms with Crippen LogP contribution in [-0.2, 0) is 38.0 Å². The molecule has 10 heteroatoms. The van der Waals surface area contributed by atoms with Gasteiger partial charge < -0.3 is 28.4 Å². The molecule has 0 fully saturated rings. The molecule has 0 saturated heterocycles. The summed E-state index contributed by atoms with van der Waals surface area (Å²) >= 11 is 12.1. The van der Waals surface area contributed by atoms with Crippen LogP contribution < -0.4 is 0 Å². The number of carbonyl (C=O) groups is 2. The predicted molar refractivity (Wildman–Crippen MR) is 139 cm³/mol. The zero-order valence-corrected chi connectivity index (χ0v) is 23.3. The third-order valence-electron chi connectivity index (χ3n) is 5.19. The van der Waals surface area contributed by atoms with Gasteiger partial charge in [0.15, 0.2) is 11.5 Å². The van der Waals surface area contributed by atoms with Crippen LogP contribution in [0, 0.1) is 0 Å². The van der Waals surface area contributed by atoms with Crippen LogP contribution in [0.2, 0.25) is 0 Å². The number of ketones is 2. The predicted octanol–water partition coefficient (Wildman–Crippen LogP) is 5.30. The SMILES string of the molecule is CCCCCCOCCOCCOC1=C(Cl)C(=O)C(OCCOCCOCCCCCC)=C(Cl)C1=O. The average Bonchev–Trinajstić information content (AvgIpc) is 2.88.